The molecule has 28 heavy (non-hydrogen) atoms. The van der Waals surface area contributed by atoms with Crippen LogP contribution < -0.4 is 0 Å². The second-order valence-electron chi connectivity index (χ2n) is 7.20. The van der Waals surface area contributed by atoms with Crippen molar-refractivity contribution in [3.63, 3.8) is 0 Å². The number of nitrogens with zero attached hydrogens (tertiary/aromatic N) is 3. The Morgan fingerprint density at radius 2 is 1.93 bits per heavy atom. The fraction of sp³-hybridized carbons (Fsp3) is 0.304. The van der Waals surface area contributed by atoms with E-state index in [1.54, 1.807) is 24.3 Å². The highest BCUT2D eigenvalue weighted by Gasteiger charge is 2.18. The van der Waals surface area contributed by atoms with Crippen molar-refractivity contribution in [1.29, 1.82) is 0 Å². The number of aromatic nitrogens is 2. The number of hydrogen-bond donors (Lipinski definition) is 0. The van der Waals surface area contributed by atoms with E-state index in [1.165, 1.54) is 11.1 Å². The third kappa shape index (κ3) is 4.25. The van der Waals surface area contributed by atoms with E-state index < -0.39 is 0 Å². The van der Waals surface area contributed by atoms with Crippen LogP contribution in [-0.2, 0) is 11.3 Å². The summed E-state index contributed by atoms with van der Waals surface area (Å²) in [6.45, 7) is 8.74. The minimum atomic E-state index is -0.126. The maximum absolute atomic E-state index is 12.6. The summed E-state index contributed by atoms with van der Waals surface area (Å²) in [6.07, 6.45) is 5.08. The van der Waals surface area contributed by atoms with Gasteiger partial charge in [-0.1, -0.05) is 29.8 Å². The molecule has 0 bridgehead atoms. The largest absolute Gasteiger partial charge is 0.467 e. The van der Waals surface area contributed by atoms with Gasteiger partial charge in [0.2, 0.25) is 5.91 Å². The van der Waals surface area contributed by atoms with Crippen molar-refractivity contribution < 1.29 is 9.21 Å². The van der Waals surface area contributed by atoms with Crippen molar-refractivity contribution in [1.82, 2.24) is 14.7 Å². The van der Waals surface area contributed by atoms with Crippen LogP contribution in [0.4, 0.5) is 0 Å². The lowest BCUT2D eigenvalue weighted by atomic mass is 10.1. The van der Waals surface area contributed by atoms with Crippen molar-refractivity contribution in [2.75, 3.05) is 7.05 Å². The van der Waals surface area contributed by atoms with Crippen LogP contribution >= 0.6 is 0 Å². The van der Waals surface area contributed by atoms with Crippen LogP contribution in [0.1, 0.15) is 46.8 Å². The standard InChI is InChI=1S/C23H27N3O2/c1-16-8-10-20(11-9-16)15-26-18(3)21(17(2)24-26)12-13-23(27)25(5)19(4)22-7-6-14-28-22/h6-14,19H,15H2,1-5H3/b13-12+. The molecule has 0 N–H and O–H groups in total. The molecule has 146 valence electrons. The fourth-order valence-corrected chi connectivity index (χ4v) is 3.16. The average molecular weight is 377 g/mol. The van der Waals surface area contributed by atoms with Crippen molar-refractivity contribution in [2.45, 2.75) is 40.3 Å². The van der Waals surface area contributed by atoms with Gasteiger partial charge >= 0.3 is 0 Å². The summed E-state index contributed by atoms with van der Waals surface area (Å²) in [4.78, 5) is 14.2. The van der Waals surface area contributed by atoms with Gasteiger partial charge in [0, 0.05) is 24.4 Å². The third-order valence-corrected chi connectivity index (χ3v) is 5.17. The molecule has 0 spiro atoms. The number of likely N-dealkylation sites (N-methyl/N-ethyl adjacent to an activating group) is 1. The predicted molar refractivity (Wildman–Crippen MR) is 111 cm³/mol. The van der Waals surface area contributed by atoms with Crippen LogP contribution in [0.15, 0.2) is 53.2 Å². The van der Waals surface area contributed by atoms with E-state index in [-0.39, 0.29) is 11.9 Å². The second kappa shape index (κ2) is 8.30. The lowest BCUT2D eigenvalue weighted by Gasteiger charge is -2.21. The molecule has 0 saturated carbocycles. The number of rotatable bonds is 6. The van der Waals surface area contributed by atoms with Crippen LogP contribution in [0.25, 0.3) is 6.08 Å². The maximum Gasteiger partial charge on any atom is 0.246 e. The van der Waals surface area contributed by atoms with Gasteiger partial charge in [0.1, 0.15) is 5.76 Å². The summed E-state index contributed by atoms with van der Waals surface area (Å²) in [5.41, 5.74) is 5.39. The van der Waals surface area contributed by atoms with Gasteiger partial charge in [-0.15, -0.1) is 0 Å². The predicted octanol–water partition coefficient (Wildman–Crippen LogP) is 4.68. The van der Waals surface area contributed by atoms with Gasteiger partial charge in [0.25, 0.3) is 0 Å². The fourth-order valence-electron chi connectivity index (χ4n) is 3.16. The first-order valence-electron chi connectivity index (χ1n) is 9.44. The molecular formula is C23H27N3O2. The Morgan fingerprint density at radius 3 is 2.57 bits per heavy atom. The number of carbonyl (C=O) groups excluding carboxylic acids is 1. The first-order valence-corrected chi connectivity index (χ1v) is 9.44. The Morgan fingerprint density at radius 1 is 1.21 bits per heavy atom. The van der Waals surface area contributed by atoms with Crippen LogP contribution in [0.2, 0.25) is 0 Å². The number of benzene rings is 1. The van der Waals surface area contributed by atoms with Crippen LogP contribution in [0, 0.1) is 20.8 Å². The Bertz CT molecular complexity index is 966. The van der Waals surface area contributed by atoms with E-state index in [1.807, 2.05) is 43.7 Å². The molecule has 0 aliphatic carbocycles. The summed E-state index contributed by atoms with van der Waals surface area (Å²) in [5.74, 6) is 0.691. The van der Waals surface area contributed by atoms with E-state index in [0.29, 0.717) is 6.54 Å². The molecule has 5 heteroatoms. The molecule has 2 heterocycles. The van der Waals surface area contributed by atoms with E-state index in [4.69, 9.17) is 4.42 Å². The molecule has 2 aromatic heterocycles. The molecule has 0 aliphatic rings. The average Bonchev–Trinajstić information content (AvgIpc) is 3.30. The van der Waals surface area contributed by atoms with Crippen molar-refractivity contribution in [3.8, 4) is 0 Å². The van der Waals surface area contributed by atoms with Gasteiger partial charge < -0.3 is 9.32 Å². The maximum atomic E-state index is 12.6. The summed E-state index contributed by atoms with van der Waals surface area (Å²) >= 11 is 0. The van der Waals surface area contributed by atoms with E-state index >= 15 is 0 Å². The summed E-state index contributed by atoms with van der Waals surface area (Å²) in [5, 5.41) is 4.65. The topological polar surface area (TPSA) is 51.3 Å². The molecule has 1 unspecified atom stereocenters. The highest BCUT2D eigenvalue weighted by molar-refractivity contribution is 5.92. The van der Waals surface area contributed by atoms with Crippen LogP contribution in [0.5, 0.6) is 0 Å². The Kier molecular flexibility index (Phi) is 5.83. The lowest BCUT2D eigenvalue weighted by Crippen LogP contribution is -2.27. The normalized spacial score (nSPS) is 12.5. The van der Waals surface area contributed by atoms with Crippen molar-refractivity contribution >= 4 is 12.0 Å². The summed E-state index contributed by atoms with van der Waals surface area (Å²) in [6, 6.07) is 12.0. The molecule has 0 radical (unpaired) electrons. The van der Waals surface area contributed by atoms with Crippen LogP contribution in [-0.4, -0.2) is 27.6 Å². The van der Waals surface area contributed by atoms with Crippen LogP contribution in [0.3, 0.4) is 0 Å². The highest BCUT2D eigenvalue weighted by Crippen LogP contribution is 2.20. The smallest absolute Gasteiger partial charge is 0.246 e. The zero-order chi connectivity index (χ0) is 20.3. The molecule has 1 atom stereocenters. The van der Waals surface area contributed by atoms with Crippen molar-refractivity contribution in [3.05, 3.63) is 82.6 Å². The lowest BCUT2D eigenvalue weighted by molar-refractivity contribution is -0.126. The van der Waals surface area contributed by atoms with Gasteiger partial charge in [-0.3, -0.25) is 9.48 Å². The van der Waals surface area contributed by atoms with E-state index in [2.05, 4.69) is 36.3 Å². The molecule has 3 rings (SSSR count). The SMILES string of the molecule is Cc1ccc(Cn2nc(C)c(/C=C/C(=O)N(C)C(C)c3ccco3)c2C)cc1. The van der Waals surface area contributed by atoms with Gasteiger partial charge in [-0.05, 0) is 51.5 Å². The number of aryl methyl sites for hydroxylation is 2. The number of hydrogen-bond acceptors (Lipinski definition) is 3. The first-order chi connectivity index (χ1) is 13.4. The number of furan rings is 1. The monoisotopic (exact) mass is 377 g/mol. The molecule has 1 amide bonds. The third-order valence-electron chi connectivity index (χ3n) is 5.17. The first kappa shape index (κ1) is 19.7. The zero-order valence-corrected chi connectivity index (χ0v) is 17.1. The molecule has 0 saturated heterocycles. The molecule has 1 aromatic carbocycles. The molecule has 5 nitrogen and oxygen atoms in total. The quantitative estimate of drug-likeness (QED) is 0.586. The zero-order valence-electron chi connectivity index (χ0n) is 17.1. The highest BCUT2D eigenvalue weighted by atomic mass is 16.3. The van der Waals surface area contributed by atoms with Gasteiger partial charge in [0.15, 0.2) is 0 Å². The number of amides is 1. The van der Waals surface area contributed by atoms with Crippen molar-refractivity contribution in [2.24, 2.45) is 0 Å². The van der Waals surface area contributed by atoms with Gasteiger partial charge in [0.05, 0.1) is 24.5 Å². The molecule has 0 aliphatic heterocycles. The Labute approximate surface area is 166 Å². The number of carbonyl (C=O) groups is 1. The molecule has 0 fully saturated rings. The minimum Gasteiger partial charge on any atom is -0.467 e. The molecular weight excluding hydrogens is 350 g/mol. The van der Waals surface area contributed by atoms with Gasteiger partial charge in [-0.25, -0.2) is 0 Å². The summed E-state index contributed by atoms with van der Waals surface area (Å²) in [7, 11) is 1.78. The van der Waals surface area contributed by atoms with E-state index in [0.717, 1.165) is 22.7 Å². The molecule has 3 aromatic rings. The second-order valence-corrected chi connectivity index (χ2v) is 7.20. The van der Waals surface area contributed by atoms with Gasteiger partial charge in [-0.2, -0.15) is 5.10 Å². The summed E-state index contributed by atoms with van der Waals surface area (Å²) < 4.78 is 7.39. The van der Waals surface area contributed by atoms with E-state index in [9.17, 15) is 4.79 Å². The Hall–Kier alpha value is -3.08. The minimum absolute atomic E-state index is 0.0750. The Balaban J connectivity index is 1.74.